The van der Waals surface area contributed by atoms with Gasteiger partial charge in [-0.1, -0.05) is 176 Å². The molecule has 2 saturated heterocycles. The third-order valence-electron chi connectivity index (χ3n) is 10.4. The van der Waals surface area contributed by atoms with Crippen molar-refractivity contribution in [2.45, 2.75) is 48.7 Å². The van der Waals surface area contributed by atoms with Crippen LogP contribution < -0.4 is 4.89 Å². The zero-order valence-corrected chi connectivity index (χ0v) is 30.8. The van der Waals surface area contributed by atoms with Gasteiger partial charge in [-0.05, 0) is 47.2 Å². The van der Waals surface area contributed by atoms with Crippen LogP contribution in [0, 0.1) is 10.1 Å². The van der Waals surface area contributed by atoms with Crippen LogP contribution in [0.4, 0.5) is 0 Å². The number of rotatable bonds is 9. The average molecular weight is 738 g/mol. The maximum absolute atomic E-state index is 16.7. The Kier molecular flexibility index (Phi) is 9.53. The van der Waals surface area contributed by atoms with Gasteiger partial charge < -0.3 is 14.4 Å². The number of hydrogen-bond donors (Lipinski definition) is 0. The van der Waals surface area contributed by atoms with E-state index in [0.717, 1.165) is 11.1 Å². The first-order chi connectivity index (χ1) is 26.1. The molecule has 6 aromatic rings. The van der Waals surface area contributed by atoms with Crippen LogP contribution >= 0.6 is 7.94 Å². The third kappa shape index (κ3) is 6.35. The molecule has 272 valence electrons. The highest BCUT2D eigenvalue weighted by Gasteiger charge is 2.72. The van der Waals surface area contributed by atoms with E-state index in [1.807, 2.05) is 178 Å². The van der Waals surface area contributed by atoms with Crippen molar-refractivity contribution in [3.63, 3.8) is 0 Å². The van der Waals surface area contributed by atoms with Crippen LogP contribution in [0.1, 0.15) is 47.3 Å². The molecule has 0 aliphatic carbocycles. The molecule has 0 radical (unpaired) electrons. The summed E-state index contributed by atoms with van der Waals surface area (Å²) in [4.78, 5) is 29.0. The minimum absolute atomic E-state index is 0.439. The van der Waals surface area contributed by atoms with Crippen molar-refractivity contribution in [1.29, 1.82) is 0 Å². The van der Waals surface area contributed by atoms with E-state index in [1.54, 1.807) is 12.1 Å². The van der Waals surface area contributed by atoms with Gasteiger partial charge in [-0.15, -0.1) is 0 Å². The largest absolute Gasteiger partial charge is 0.631 e. The van der Waals surface area contributed by atoms with Crippen LogP contribution in [0.15, 0.2) is 176 Å². The summed E-state index contributed by atoms with van der Waals surface area (Å²) in [5.74, 6) is -1.15. The lowest BCUT2D eigenvalue weighted by Gasteiger charge is -2.43. The van der Waals surface area contributed by atoms with Gasteiger partial charge in [0, 0.05) is 10.5 Å². The van der Waals surface area contributed by atoms with E-state index in [2.05, 4.69) is 0 Å². The van der Waals surface area contributed by atoms with Crippen molar-refractivity contribution in [1.82, 2.24) is 0 Å². The van der Waals surface area contributed by atoms with Gasteiger partial charge in [-0.2, -0.15) is 9.05 Å². The van der Waals surface area contributed by atoms with Gasteiger partial charge in [-0.25, -0.2) is 0 Å². The van der Waals surface area contributed by atoms with Gasteiger partial charge >= 0.3 is 0 Å². The lowest BCUT2D eigenvalue weighted by molar-refractivity contribution is -0.481. The van der Waals surface area contributed by atoms with Gasteiger partial charge in [0.25, 0.3) is 7.94 Å². The van der Waals surface area contributed by atoms with Crippen molar-refractivity contribution in [3.05, 3.63) is 214 Å². The molecule has 8 rings (SSSR count). The molecular weight excluding hydrogens is 697 g/mol. The highest BCUT2D eigenvalue weighted by molar-refractivity contribution is 7.59. The van der Waals surface area contributed by atoms with Crippen molar-refractivity contribution in [2.24, 2.45) is 0 Å². The molecule has 0 unspecified atom stereocenters. The molecule has 3 atom stereocenters. The molecule has 0 spiro atoms. The topological polar surface area (TPSA) is 103 Å². The van der Waals surface area contributed by atoms with Gasteiger partial charge in [-0.3, -0.25) is 10.1 Å². The van der Waals surface area contributed by atoms with Crippen LogP contribution in [0.5, 0.6) is 0 Å². The van der Waals surface area contributed by atoms with E-state index < -0.39 is 54.3 Å². The lowest BCUT2D eigenvalue weighted by Crippen LogP contribution is -2.53. The van der Waals surface area contributed by atoms with Crippen LogP contribution in [0.3, 0.4) is 0 Å². The average Bonchev–Trinajstić information content (AvgIpc) is 3.51. The molecule has 2 heterocycles. The summed E-state index contributed by atoms with van der Waals surface area (Å²) in [7, 11) is -4.73. The molecule has 8 nitrogen and oxygen atoms in total. The Hall–Kier alpha value is -5.05. The van der Waals surface area contributed by atoms with E-state index in [1.165, 1.54) is 0 Å². The second-order valence-corrected chi connectivity index (χ2v) is 16.2. The van der Waals surface area contributed by atoms with E-state index >= 15 is 4.89 Å². The highest BCUT2D eigenvalue weighted by atomic mass is 31.2. The van der Waals surface area contributed by atoms with E-state index in [9.17, 15) is 10.1 Å². The summed E-state index contributed by atoms with van der Waals surface area (Å²) in [6.45, 7) is 2.95. The molecule has 6 aromatic carbocycles. The van der Waals surface area contributed by atoms with E-state index in [-0.39, 0.29) is 0 Å². The molecule has 0 amide bonds. The molecule has 0 saturated carbocycles. The van der Waals surface area contributed by atoms with Gasteiger partial charge in [0.05, 0.1) is 0 Å². The van der Waals surface area contributed by atoms with Crippen LogP contribution in [-0.2, 0) is 29.7 Å². The fraction of sp³-hybridized carbons (Fsp3) is 0.200. The number of hydrogen-bond acceptors (Lipinski definition) is 7. The zero-order valence-electron chi connectivity index (χ0n) is 29.9. The number of benzene rings is 6. The summed E-state index contributed by atoms with van der Waals surface area (Å²) in [6.07, 6.45) is -1.96. The standard InChI is InChI=1S/C45H40NO7P/c1-43(2)50-41-42(51-43)45(38-24-14-6-15-25-38,39-26-16-7-17-27-39)53-54(49,52-44(41,36-20-10-4-11-21-36)37-22-12-5-13-23-37)40(32-46(47)48)35-30-28-34(29-31-35)33-18-8-3-9-19-33/h3-31,40-42H,32H2,1-2H3/t40-,41+,42+/m0/s1. The van der Waals surface area contributed by atoms with Gasteiger partial charge in [0.1, 0.15) is 12.2 Å². The zero-order chi connectivity index (χ0) is 37.4. The third-order valence-corrected chi connectivity index (χ3v) is 12.7. The van der Waals surface area contributed by atoms with Gasteiger partial charge in [0.15, 0.2) is 17.0 Å². The molecule has 2 fully saturated rings. The Morgan fingerprint density at radius 2 is 0.889 bits per heavy atom. The van der Waals surface area contributed by atoms with E-state index in [0.29, 0.717) is 27.8 Å². The Morgan fingerprint density at radius 3 is 1.24 bits per heavy atom. The predicted molar refractivity (Wildman–Crippen MR) is 207 cm³/mol. The second kappa shape index (κ2) is 14.3. The van der Waals surface area contributed by atoms with Crippen molar-refractivity contribution in [2.75, 3.05) is 6.54 Å². The Bertz CT molecular complexity index is 2010. The minimum Gasteiger partial charge on any atom is -0.631 e. The summed E-state index contributed by atoms with van der Waals surface area (Å²) < 4.78 is 28.6. The molecule has 9 heteroatoms. The Balaban J connectivity index is 1.45. The fourth-order valence-electron chi connectivity index (χ4n) is 8.01. The summed E-state index contributed by atoms with van der Waals surface area (Å²) in [6, 6.07) is 55.0. The molecule has 54 heavy (non-hydrogen) atoms. The first-order valence-corrected chi connectivity index (χ1v) is 19.6. The van der Waals surface area contributed by atoms with Crippen LogP contribution in [0.2, 0.25) is 0 Å². The summed E-state index contributed by atoms with van der Waals surface area (Å²) in [5.41, 5.74) is 0.232. The van der Waals surface area contributed by atoms with Crippen LogP contribution in [0.25, 0.3) is 11.1 Å². The number of fused-ring (bicyclic) bond motifs is 1. The Morgan fingerprint density at radius 1 is 0.556 bits per heavy atom. The van der Waals surface area contributed by atoms with Crippen molar-refractivity contribution >= 4 is 7.94 Å². The maximum Gasteiger partial charge on any atom is 0.255 e. The minimum atomic E-state index is -4.73. The number of ether oxygens (including phenoxy) is 2. The number of nitro groups is 1. The quantitative estimate of drug-likeness (QED) is 0.0828. The Labute approximate surface area is 315 Å². The molecule has 2 aliphatic rings. The smallest absolute Gasteiger partial charge is 0.255 e. The molecular formula is C45H40NO7P. The first-order valence-electron chi connectivity index (χ1n) is 18.0. The fourth-order valence-corrected chi connectivity index (χ4v) is 10.6. The van der Waals surface area contributed by atoms with Crippen LogP contribution in [-0.4, -0.2) is 29.5 Å². The summed E-state index contributed by atoms with van der Waals surface area (Å²) >= 11 is 0. The second-order valence-electron chi connectivity index (χ2n) is 14.2. The first kappa shape index (κ1) is 36.0. The molecule has 0 bridgehead atoms. The monoisotopic (exact) mass is 737 g/mol. The molecule has 2 aliphatic heterocycles. The van der Waals surface area contributed by atoms with Crippen molar-refractivity contribution in [3.8, 4) is 11.1 Å². The van der Waals surface area contributed by atoms with E-state index in [4.69, 9.17) is 18.5 Å². The lowest BCUT2D eigenvalue weighted by atomic mass is 9.72. The number of nitrogens with zero attached hydrogens (tertiary/aromatic N) is 1. The molecule has 0 aromatic heterocycles. The maximum atomic E-state index is 16.7. The molecule has 0 N–H and O–H groups in total. The van der Waals surface area contributed by atoms with Crippen molar-refractivity contribution < 1.29 is 28.3 Å². The summed E-state index contributed by atoms with van der Waals surface area (Å²) in [5, 5.41) is 12.8. The normalized spacial score (nSPS) is 21.3. The SMILES string of the molecule is CC1(C)O[C@@H]2[C@@H](O1)C(c1ccccc1)(c1ccccc1)O[P+]([O-])([C@@H](C[N+](=O)[O-])c1ccc(-c3ccccc3)cc1)OC2(c1ccccc1)c1ccccc1. The van der Waals surface area contributed by atoms with Gasteiger partial charge in [0.2, 0.25) is 12.2 Å². The predicted octanol–water partition coefficient (Wildman–Crippen LogP) is 9.25. The highest BCUT2D eigenvalue weighted by Crippen LogP contribution is 2.76.